The average molecular weight is 345 g/mol. The van der Waals surface area contributed by atoms with E-state index in [1.807, 2.05) is 20.0 Å². The van der Waals surface area contributed by atoms with E-state index in [9.17, 15) is 4.79 Å². The minimum Gasteiger partial charge on any atom is -0.310 e. The molecule has 2 rings (SSSR count). The van der Waals surface area contributed by atoms with Crippen LogP contribution in [0.5, 0.6) is 0 Å². The molecular weight excluding hydrogens is 329 g/mol. The first-order valence-corrected chi connectivity index (χ1v) is 6.75. The van der Waals surface area contributed by atoms with Gasteiger partial charge in [0.15, 0.2) is 0 Å². The number of aromatic nitrogens is 1. The molecule has 17 heavy (non-hydrogen) atoms. The molecule has 0 unspecified atom stereocenters. The number of nitrogens with zero attached hydrogens (tertiary/aromatic N) is 2. The molecule has 0 aliphatic carbocycles. The zero-order chi connectivity index (χ0) is 12.4. The molecule has 1 N–H and O–H groups in total. The van der Waals surface area contributed by atoms with Crippen LogP contribution in [0.25, 0.3) is 0 Å². The van der Waals surface area contributed by atoms with Crippen molar-refractivity contribution in [2.24, 2.45) is 5.92 Å². The molecular formula is C12H16IN3O. The largest absolute Gasteiger partial charge is 0.310 e. The third-order valence-corrected chi connectivity index (χ3v) is 4.21. The van der Waals surface area contributed by atoms with Gasteiger partial charge in [0.05, 0.1) is 5.92 Å². The molecule has 1 aliphatic heterocycles. The van der Waals surface area contributed by atoms with Gasteiger partial charge < -0.3 is 10.2 Å². The van der Waals surface area contributed by atoms with Gasteiger partial charge >= 0.3 is 0 Å². The Morgan fingerprint density at radius 2 is 2.41 bits per heavy atom. The Hall–Kier alpha value is -0.690. The lowest BCUT2D eigenvalue weighted by molar-refractivity contribution is -0.119. The number of anilines is 1. The topological polar surface area (TPSA) is 45.2 Å². The van der Waals surface area contributed by atoms with E-state index in [0.29, 0.717) is 5.82 Å². The van der Waals surface area contributed by atoms with Crippen molar-refractivity contribution in [3.8, 4) is 0 Å². The van der Waals surface area contributed by atoms with Crippen LogP contribution in [-0.2, 0) is 4.79 Å². The summed E-state index contributed by atoms with van der Waals surface area (Å²) in [4.78, 5) is 18.4. The molecule has 1 fully saturated rings. The lowest BCUT2D eigenvalue weighted by Gasteiger charge is -2.11. The van der Waals surface area contributed by atoms with E-state index in [-0.39, 0.29) is 11.8 Å². The van der Waals surface area contributed by atoms with Gasteiger partial charge in [-0.2, -0.15) is 0 Å². The summed E-state index contributed by atoms with van der Waals surface area (Å²) in [5, 5.41) is 2.89. The second kappa shape index (κ2) is 5.30. The summed E-state index contributed by atoms with van der Waals surface area (Å²) in [6, 6.07) is 1.91. The number of hydrogen-bond donors (Lipinski definition) is 1. The predicted molar refractivity (Wildman–Crippen MR) is 75.9 cm³/mol. The molecule has 4 nitrogen and oxygen atoms in total. The summed E-state index contributed by atoms with van der Waals surface area (Å²) < 4.78 is 1.12. The zero-order valence-electron chi connectivity index (χ0n) is 10.0. The fourth-order valence-electron chi connectivity index (χ4n) is 1.94. The number of hydrogen-bond acceptors (Lipinski definition) is 3. The van der Waals surface area contributed by atoms with Gasteiger partial charge in [0, 0.05) is 16.3 Å². The number of pyridine rings is 1. The van der Waals surface area contributed by atoms with Crippen LogP contribution in [0.3, 0.4) is 0 Å². The highest BCUT2D eigenvalue weighted by Crippen LogP contribution is 2.18. The Bertz CT molecular complexity index is 436. The van der Waals surface area contributed by atoms with Gasteiger partial charge in [0.2, 0.25) is 5.91 Å². The predicted octanol–water partition coefficient (Wildman–Crippen LogP) is 1.88. The lowest BCUT2D eigenvalue weighted by Crippen LogP contribution is -2.25. The molecule has 5 heteroatoms. The number of amides is 1. The van der Waals surface area contributed by atoms with E-state index in [1.165, 1.54) is 0 Å². The van der Waals surface area contributed by atoms with Crippen molar-refractivity contribution in [1.82, 2.24) is 9.88 Å². The van der Waals surface area contributed by atoms with Crippen molar-refractivity contribution in [3.05, 3.63) is 21.4 Å². The minimum atomic E-state index is 0.0847. The molecule has 2 heterocycles. The standard InChI is InChI=1S/C12H16IN3O/c1-8-6-14-11(5-10(8)13)15-12(17)9-3-4-16(2)7-9/h5-6,9H,3-4,7H2,1-2H3,(H,14,15,17)/t9-/m1/s1. The third-order valence-electron chi connectivity index (χ3n) is 3.05. The number of likely N-dealkylation sites (tertiary alicyclic amines) is 1. The Kier molecular flexibility index (Phi) is 3.98. The third kappa shape index (κ3) is 3.16. The summed E-state index contributed by atoms with van der Waals surface area (Å²) in [5.74, 6) is 0.835. The first-order chi connectivity index (χ1) is 8.06. The highest BCUT2D eigenvalue weighted by atomic mass is 127. The van der Waals surface area contributed by atoms with Crippen molar-refractivity contribution in [2.75, 3.05) is 25.5 Å². The maximum atomic E-state index is 12.0. The Morgan fingerprint density at radius 3 is 3.00 bits per heavy atom. The molecule has 0 spiro atoms. The number of halogens is 1. The van der Waals surface area contributed by atoms with Gasteiger partial charge in [0.1, 0.15) is 5.82 Å². The molecule has 0 aromatic carbocycles. The second-order valence-electron chi connectivity index (χ2n) is 4.56. The quantitative estimate of drug-likeness (QED) is 0.833. The van der Waals surface area contributed by atoms with Crippen molar-refractivity contribution < 1.29 is 4.79 Å². The average Bonchev–Trinajstić information content (AvgIpc) is 2.70. The SMILES string of the molecule is Cc1cnc(NC(=O)[C@@H]2CCN(C)C2)cc1I. The molecule has 92 valence electrons. The first-order valence-electron chi connectivity index (χ1n) is 5.68. The maximum absolute atomic E-state index is 12.0. The van der Waals surface area contributed by atoms with Crippen LogP contribution in [0.1, 0.15) is 12.0 Å². The van der Waals surface area contributed by atoms with Crippen molar-refractivity contribution in [3.63, 3.8) is 0 Å². The molecule has 1 atom stereocenters. The van der Waals surface area contributed by atoms with Crippen LogP contribution in [0.15, 0.2) is 12.3 Å². The summed E-state index contributed by atoms with van der Waals surface area (Å²) in [5.41, 5.74) is 1.13. The van der Waals surface area contributed by atoms with E-state index in [0.717, 1.165) is 28.6 Å². The van der Waals surface area contributed by atoms with Gasteiger partial charge in [-0.25, -0.2) is 4.98 Å². The lowest BCUT2D eigenvalue weighted by atomic mass is 10.1. The fourth-order valence-corrected chi connectivity index (χ4v) is 2.38. The van der Waals surface area contributed by atoms with Crippen molar-refractivity contribution in [2.45, 2.75) is 13.3 Å². The molecule has 1 amide bonds. The van der Waals surface area contributed by atoms with Crippen molar-refractivity contribution in [1.29, 1.82) is 0 Å². The van der Waals surface area contributed by atoms with E-state index >= 15 is 0 Å². The van der Waals surface area contributed by atoms with Crippen LogP contribution in [0.2, 0.25) is 0 Å². The summed E-state index contributed by atoms with van der Waals surface area (Å²) in [6.45, 7) is 3.85. The summed E-state index contributed by atoms with van der Waals surface area (Å²) >= 11 is 2.25. The fraction of sp³-hybridized carbons (Fsp3) is 0.500. The molecule has 1 saturated heterocycles. The van der Waals surface area contributed by atoms with Crippen molar-refractivity contribution >= 4 is 34.3 Å². The number of aryl methyl sites for hydroxylation is 1. The van der Waals surface area contributed by atoms with E-state index in [2.05, 4.69) is 37.8 Å². The molecule has 1 aromatic rings. The molecule has 0 saturated carbocycles. The van der Waals surface area contributed by atoms with Gasteiger partial charge in [-0.05, 0) is 61.2 Å². The minimum absolute atomic E-state index is 0.0847. The van der Waals surface area contributed by atoms with Crippen LogP contribution >= 0.6 is 22.6 Å². The Balaban J connectivity index is 2.00. The molecule has 1 aliphatic rings. The summed E-state index contributed by atoms with van der Waals surface area (Å²) in [6.07, 6.45) is 2.73. The van der Waals surface area contributed by atoms with E-state index < -0.39 is 0 Å². The number of carbonyl (C=O) groups is 1. The number of nitrogens with one attached hydrogen (secondary N) is 1. The highest BCUT2D eigenvalue weighted by Gasteiger charge is 2.26. The Morgan fingerprint density at radius 1 is 1.65 bits per heavy atom. The summed E-state index contributed by atoms with van der Waals surface area (Å²) in [7, 11) is 2.04. The van der Waals surface area contributed by atoms with Gasteiger partial charge in [-0.1, -0.05) is 0 Å². The highest BCUT2D eigenvalue weighted by molar-refractivity contribution is 14.1. The number of rotatable bonds is 2. The first kappa shape index (κ1) is 12.8. The van der Waals surface area contributed by atoms with Crippen LogP contribution in [0, 0.1) is 16.4 Å². The Labute approximate surface area is 115 Å². The van der Waals surface area contributed by atoms with Gasteiger partial charge in [-0.3, -0.25) is 4.79 Å². The van der Waals surface area contributed by atoms with Crippen LogP contribution in [0.4, 0.5) is 5.82 Å². The smallest absolute Gasteiger partial charge is 0.229 e. The maximum Gasteiger partial charge on any atom is 0.229 e. The second-order valence-corrected chi connectivity index (χ2v) is 5.72. The normalized spacial score (nSPS) is 20.5. The molecule has 0 bridgehead atoms. The van der Waals surface area contributed by atoms with Gasteiger partial charge in [0.25, 0.3) is 0 Å². The van der Waals surface area contributed by atoms with Crippen LogP contribution < -0.4 is 5.32 Å². The monoisotopic (exact) mass is 345 g/mol. The van der Waals surface area contributed by atoms with E-state index in [1.54, 1.807) is 6.20 Å². The zero-order valence-corrected chi connectivity index (χ0v) is 12.2. The van der Waals surface area contributed by atoms with Gasteiger partial charge in [-0.15, -0.1) is 0 Å². The van der Waals surface area contributed by atoms with Crippen LogP contribution in [-0.4, -0.2) is 35.9 Å². The molecule has 1 aromatic heterocycles. The molecule has 0 radical (unpaired) electrons. The number of carbonyl (C=O) groups excluding carboxylic acids is 1. The van der Waals surface area contributed by atoms with E-state index in [4.69, 9.17) is 0 Å².